The Morgan fingerprint density at radius 2 is 2.25 bits per heavy atom. The molecule has 1 saturated heterocycles. The topological polar surface area (TPSA) is 72.2 Å². The Balaban J connectivity index is 1.88. The molecule has 0 bridgehead atoms. The quantitative estimate of drug-likeness (QED) is 0.641. The van der Waals surface area contributed by atoms with Crippen LogP contribution >= 0.6 is 11.3 Å². The Bertz CT molecular complexity index is 585. The van der Waals surface area contributed by atoms with Gasteiger partial charge in [-0.05, 0) is 25.3 Å². The molecule has 20 heavy (non-hydrogen) atoms. The van der Waals surface area contributed by atoms with Gasteiger partial charge in [0.15, 0.2) is 0 Å². The number of anilines is 1. The van der Waals surface area contributed by atoms with Gasteiger partial charge in [0, 0.05) is 24.2 Å². The Kier molecular flexibility index (Phi) is 3.60. The highest BCUT2D eigenvalue weighted by Gasteiger charge is 2.27. The molecule has 1 aliphatic rings. The lowest BCUT2D eigenvalue weighted by molar-refractivity contribution is -0.385. The van der Waals surface area contributed by atoms with Crippen molar-refractivity contribution in [1.29, 1.82) is 0 Å². The Hall–Kier alpha value is -2.02. The first-order valence-corrected chi connectivity index (χ1v) is 7.40. The molecule has 6 nitrogen and oxygen atoms in total. The number of hydrogen-bond acceptors (Lipinski definition) is 6. The van der Waals surface area contributed by atoms with Crippen LogP contribution in [0, 0.1) is 10.1 Å². The van der Waals surface area contributed by atoms with Crippen LogP contribution in [0.15, 0.2) is 29.9 Å². The van der Waals surface area contributed by atoms with Crippen LogP contribution in [0.4, 0.5) is 11.5 Å². The molecule has 0 aromatic carbocycles. The van der Waals surface area contributed by atoms with E-state index in [4.69, 9.17) is 0 Å². The first-order chi connectivity index (χ1) is 9.75. The third kappa shape index (κ3) is 2.49. The van der Waals surface area contributed by atoms with Crippen LogP contribution in [0.25, 0.3) is 0 Å². The lowest BCUT2D eigenvalue weighted by Gasteiger charge is -2.35. The fraction of sp³-hybridized carbons (Fsp3) is 0.385. The monoisotopic (exact) mass is 290 g/mol. The van der Waals surface area contributed by atoms with Gasteiger partial charge in [0.05, 0.1) is 11.0 Å². The van der Waals surface area contributed by atoms with Crippen LogP contribution in [0.1, 0.15) is 30.3 Å². The van der Waals surface area contributed by atoms with Crippen molar-refractivity contribution in [2.24, 2.45) is 0 Å². The molecule has 1 aliphatic heterocycles. The summed E-state index contributed by atoms with van der Waals surface area (Å²) in [4.78, 5) is 21.1. The fourth-order valence-corrected chi connectivity index (χ4v) is 3.30. The van der Waals surface area contributed by atoms with Gasteiger partial charge in [0.1, 0.15) is 17.0 Å². The molecule has 2 aromatic rings. The molecule has 104 valence electrons. The van der Waals surface area contributed by atoms with E-state index in [2.05, 4.69) is 14.9 Å². The number of nitro groups is 1. The number of pyridine rings is 1. The first kappa shape index (κ1) is 13.0. The molecule has 2 aromatic heterocycles. The molecule has 0 saturated carbocycles. The van der Waals surface area contributed by atoms with Crippen molar-refractivity contribution in [1.82, 2.24) is 9.97 Å². The van der Waals surface area contributed by atoms with Gasteiger partial charge in [0.2, 0.25) is 0 Å². The van der Waals surface area contributed by atoms with Crippen molar-refractivity contribution < 1.29 is 4.92 Å². The molecule has 0 amide bonds. The molecule has 3 rings (SSSR count). The normalized spacial score (nSPS) is 19.0. The first-order valence-electron chi connectivity index (χ1n) is 6.52. The zero-order valence-electron chi connectivity index (χ0n) is 10.8. The molecular weight excluding hydrogens is 276 g/mol. The highest BCUT2D eigenvalue weighted by molar-refractivity contribution is 7.09. The third-order valence-electron chi connectivity index (χ3n) is 3.48. The SMILES string of the molecule is O=[N+]([O-])c1ccc(N2CCCCC2c2nccs2)nc1. The number of piperidine rings is 1. The predicted octanol–water partition coefficient (Wildman–Crippen LogP) is 3.18. The summed E-state index contributed by atoms with van der Waals surface area (Å²) in [6.45, 7) is 0.912. The van der Waals surface area contributed by atoms with E-state index in [-0.39, 0.29) is 11.7 Å². The lowest BCUT2D eigenvalue weighted by atomic mass is 10.0. The number of rotatable bonds is 3. The average Bonchev–Trinajstić information content (AvgIpc) is 3.01. The van der Waals surface area contributed by atoms with Crippen molar-refractivity contribution in [2.45, 2.75) is 25.3 Å². The second kappa shape index (κ2) is 5.54. The number of aromatic nitrogens is 2. The smallest absolute Gasteiger partial charge is 0.287 e. The summed E-state index contributed by atoms with van der Waals surface area (Å²) in [7, 11) is 0. The molecule has 1 atom stereocenters. The molecule has 1 unspecified atom stereocenters. The summed E-state index contributed by atoms with van der Waals surface area (Å²) >= 11 is 1.65. The van der Waals surface area contributed by atoms with E-state index in [0.29, 0.717) is 0 Å². The average molecular weight is 290 g/mol. The maximum absolute atomic E-state index is 10.7. The van der Waals surface area contributed by atoms with Gasteiger partial charge in [-0.15, -0.1) is 11.3 Å². The fourth-order valence-electron chi connectivity index (χ4n) is 2.52. The second-order valence-electron chi connectivity index (χ2n) is 4.71. The summed E-state index contributed by atoms with van der Waals surface area (Å²) in [5, 5.41) is 13.7. The minimum absolute atomic E-state index is 0.0246. The van der Waals surface area contributed by atoms with E-state index in [1.165, 1.54) is 18.7 Å². The Labute approximate surface area is 120 Å². The van der Waals surface area contributed by atoms with Crippen LogP contribution in [0.3, 0.4) is 0 Å². The molecular formula is C13H14N4O2S. The summed E-state index contributed by atoms with van der Waals surface area (Å²) in [5.41, 5.74) is 0.0246. The molecule has 0 radical (unpaired) electrons. The standard InChI is InChI=1S/C13H14N4O2S/c18-17(19)10-4-5-12(15-9-10)16-7-2-1-3-11(16)13-14-6-8-20-13/h4-6,8-9,11H,1-3,7H2. The molecule has 0 aliphatic carbocycles. The maximum atomic E-state index is 10.7. The van der Waals surface area contributed by atoms with Gasteiger partial charge in [-0.2, -0.15) is 0 Å². The van der Waals surface area contributed by atoms with E-state index in [0.717, 1.165) is 30.2 Å². The number of thiazole rings is 1. The molecule has 1 fully saturated rings. The van der Waals surface area contributed by atoms with Crippen molar-refractivity contribution in [3.8, 4) is 0 Å². The molecule has 3 heterocycles. The van der Waals surface area contributed by atoms with Gasteiger partial charge >= 0.3 is 0 Å². The van der Waals surface area contributed by atoms with E-state index < -0.39 is 4.92 Å². The largest absolute Gasteiger partial charge is 0.347 e. The summed E-state index contributed by atoms with van der Waals surface area (Å²) in [6.07, 6.45) is 6.47. The zero-order valence-corrected chi connectivity index (χ0v) is 11.6. The van der Waals surface area contributed by atoms with Crippen LogP contribution in [-0.4, -0.2) is 21.4 Å². The Morgan fingerprint density at radius 1 is 1.35 bits per heavy atom. The minimum Gasteiger partial charge on any atom is -0.347 e. The molecule has 0 spiro atoms. The highest BCUT2D eigenvalue weighted by atomic mass is 32.1. The van der Waals surface area contributed by atoms with Crippen molar-refractivity contribution in [3.05, 3.63) is 45.0 Å². The molecule has 0 N–H and O–H groups in total. The van der Waals surface area contributed by atoms with Gasteiger partial charge in [-0.1, -0.05) is 0 Å². The minimum atomic E-state index is -0.425. The van der Waals surface area contributed by atoms with Crippen LogP contribution in [0.2, 0.25) is 0 Å². The van der Waals surface area contributed by atoms with Gasteiger partial charge in [0.25, 0.3) is 5.69 Å². The van der Waals surface area contributed by atoms with Gasteiger partial charge in [-0.25, -0.2) is 9.97 Å². The third-order valence-corrected chi connectivity index (χ3v) is 4.35. The summed E-state index contributed by atoms with van der Waals surface area (Å²) in [5.74, 6) is 0.788. The second-order valence-corrected chi connectivity index (χ2v) is 5.63. The molecule has 7 heteroatoms. The van der Waals surface area contributed by atoms with Crippen LogP contribution in [-0.2, 0) is 0 Å². The van der Waals surface area contributed by atoms with E-state index in [9.17, 15) is 10.1 Å². The lowest BCUT2D eigenvalue weighted by Crippen LogP contribution is -2.33. The van der Waals surface area contributed by atoms with Gasteiger partial charge in [-0.3, -0.25) is 10.1 Å². The summed E-state index contributed by atoms with van der Waals surface area (Å²) in [6, 6.07) is 3.47. The highest BCUT2D eigenvalue weighted by Crippen LogP contribution is 2.35. The predicted molar refractivity (Wildman–Crippen MR) is 76.9 cm³/mol. The van der Waals surface area contributed by atoms with Crippen molar-refractivity contribution in [3.63, 3.8) is 0 Å². The zero-order chi connectivity index (χ0) is 13.9. The number of hydrogen-bond donors (Lipinski definition) is 0. The summed E-state index contributed by atoms with van der Waals surface area (Å²) < 4.78 is 0. The van der Waals surface area contributed by atoms with Gasteiger partial charge < -0.3 is 4.90 Å². The number of nitrogens with zero attached hydrogens (tertiary/aromatic N) is 4. The Morgan fingerprint density at radius 3 is 2.90 bits per heavy atom. The van der Waals surface area contributed by atoms with Crippen molar-refractivity contribution in [2.75, 3.05) is 11.4 Å². The van der Waals surface area contributed by atoms with Crippen LogP contribution in [0.5, 0.6) is 0 Å². The van der Waals surface area contributed by atoms with E-state index in [1.54, 1.807) is 17.4 Å². The van der Waals surface area contributed by atoms with Crippen LogP contribution < -0.4 is 4.90 Å². The maximum Gasteiger partial charge on any atom is 0.287 e. The van der Waals surface area contributed by atoms with E-state index in [1.807, 2.05) is 11.6 Å². The van der Waals surface area contributed by atoms with Crippen molar-refractivity contribution >= 4 is 22.8 Å². The van der Waals surface area contributed by atoms with E-state index >= 15 is 0 Å².